The first-order valence-electron chi connectivity index (χ1n) is 6.63. The molecule has 0 aliphatic heterocycles. The summed E-state index contributed by atoms with van der Waals surface area (Å²) in [7, 11) is 0. The van der Waals surface area contributed by atoms with Crippen LogP contribution in [0.4, 0.5) is 0 Å². The van der Waals surface area contributed by atoms with Crippen molar-refractivity contribution in [1.29, 1.82) is 0 Å². The van der Waals surface area contributed by atoms with E-state index in [4.69, 9.17) is 5.11 Å². The van der Waals surface area contributed by atoms with Crippen LogP contribution in [0.3, 0.4) is 0 Å². The van der Waals surface area contributed by atoms with Crippen LogP contribution in [0.5, 0.6) is 0 Å². The predicted molar refractivity (Wildman–Crippen MR) is 78.6 cm³/mol. The molecule has 0 saturated heterocycles. The molecule has 2 rings (SSSR count). The van der Waals surface area contributed by atoms with Crippen molar-refractivity contribution in [3.05, 3.63) is 30.3 Å². The Bertz CT molecular complexity index is 501. The molecule has 0 heterocycles. The van der Waals surface area contributed by atoms with Gasteiger partial charge < -0.3 is 10.4 Å². The fraction of sp³-hybridized carbons (Fsp3) is 0.467. The summed E-state index contributed by atoms with van der Waals surface area (Å²) in [5.74, 6) is -1.20. The van der Waals surface area contributed by atoms with Gasteiger partial charge in [0.05, 0.1) is 11.8 Å². The summed E-state index contributed by atoms with van der Waals surface area (Å²) < 4.78 is 0. The average Bonchev–Trinajstić information content (AvgIpc) is 2.99. The average molecular weight is 293 g/mol. The molecule has 1 amide bonds. The van der Waals surface area contributed by atoms with Gasteiger partial charge in [0.15, 0.2) is 0 Å². The zero-order valence-corrected chi connectivity index (χ0v) is 12.4. The van der Waals surface area contributed by atoms with E-state index in [1.54, 1.807) is 11.8 Å². The first kappa shape index (κ1) is 14.9. The molecule has 2 atom stereocenters. The molecular formula is C15H19NO3S. The van der Waals surface area contributed by atoms with Gasteiger partial charge in [-0.25, -0.2) is 0 Å². The molecule has 1 aliphatic carbocycles. The number of carbonyl (C=O) groups excluding carboxylic acids is 1. The summed E-state index contributed by atoms with van der Waals surface area (Å²) in [5.41, 5.74) is -0.428. The van der Waals surface area contributed by atoms with Gasteiger partial charge in [0.1, 0.15) is 0 Å². The Kier molecular flexibility index (Phi) is 4.38. The molecular weight excluding hydrogens is 274 g/mol. The smallest absolute Gasteiger partial charge is 0.307 e. The van der Waals surface area contributed by atoms with E-state index < -0.39 is 23.2 Å². The van der Waals surface area contributed by atoms with E-state index in [-0.39, 0.29) is 5.91 Å². The first-order chi connectivity index (χ1) is 9.44. The number of hydrogen-bond donors (Lipinski definition) is 2. The SMILES string of the molecule is CC1(C)[C@H](C(=O)O)[C@@H]1C(=O)NCCSc1ccccc1. The van der Waals surface area contributed by atoms with Gasteiger partial charge >= 0.3 is 5.97 Å². The molecule has 0 unspecified atom stereocenters. The fourth-order valence-corrected chi connectivity index (χ4v) is 3.35. The number of rotatable bonds is 6. The molecule has 0 aromatic heterocycles. The highest BCUT2D eigenvalue weighted by atomic mass is 32.2. The van der Waals surface area contributed by atoms with E-state index in [1.807, 2.05) is 44.2 Å². The summed E-state index contributed by atoms with van der Waals surface area (Å²) in [4.78, 5) is 24.2. The second-order valence-corrected chi connectivity index (χ2v) is 6.74. The van der Waals surface area contributed by atoms with E-state index in [1.165, 1.54) is 0 Å². The Hall–Kier alpha value is -1.49. The number of aliphatic carboxylic acids is 1. The minimum Gasteiger partial charge on any atom is -0.481 e. The second kappa shape index (κ2) is 5.87. The molecule has 0 bridgehead atoms. The molecule has 4 nitrogen and oxygen atoms in total. The first-order valence-corrected chi connectivity index (χ1v) is 7.61. The van der Waals surface area contributed by atoms with Crippen molar-refractivity contribution < 1.29 is 14.7 Å². The van der Waals surface area contributed by atoms with E-state index in [0.717, 1.165) is 10.6 Å². The summed E-state index contributed by atoms with van der Waals surface area (Å²) in [6.07, 6.45) is 0. The third kappa shape index (κ3) is 3.15. The summed E-state index contributed by atoms with van der Waals surface area (Å²) in [6.45, 7) is 4.21. The Morgan fingerprint density at radius 3 is 2.45 bits per heavy atom. The number of thioether (sulfide) groups is 1. The van der Waals surface area contributed by atoms with Crippen molar-refractivity contribution in [1.82, 2.24) is 5.32 Å². The maximum atomic E-state index is 12.0. The highest BCUT2D eigenvalue weighted by Gasteiger charge is 2.65. The molecule has 1 aromatic rings. The van der Waals surface area contributed by atoms with Crippen molar-refractivity contribution in [2.75, 3.05) is 12.3 Å². The molecule has 1 aromatic carbocycles. The lowest BCUT2D eigenvalue weighted by molar-refractivity contribution is -0.140. The molecule has 2 N–H and O–H groups in total. The van der Waals surface area contributed by atoms with E-state index in [9.17, 15) is 9.59 Å². The van der Waals surface area contributed by atoms with Gasteiger partial charge in [-0.05, 0) is 17.5 Å². The minimum atomic E-state index is -0.881. The number of carboxylic acids is 1. The van der Waals surface area contributed by atoms with Crippen LogP contribution in [0.1, 0.15) is 13.8 Å². The molecule has 1 saturated carbocycles. The quantitative estimate of drug-likeness (QED) is 0.623. The predicted octanol–water partition coefficient (Wildman–Crippen LogP) is 2.25. The number of nitrogens with one attached hydrogen (secondary N) is 1. The zero-order valence-electron chi connectivity index (χ0n) is 11.6. The third-order valence-corrected chi connectivity index (χ3v) is 4.80. The van der Waals surface area contributed by atoms with Crippen LogP contribution in [-0.4, -0.2) is 29.3 Å². The number of hydrogen-bond acceptors (Lipinski definition) is 3. The van der Waals surface area contributed by atoms with Crippen LogP contribution in [0, 0.1) is 17.3 Å². The maximum absolute atomic E-state index is 12.0. The monoisotopic (exact) mass is 293 g/mol. The van der Waals surface area contributed by atoms with Gasteiger partial charge in [0, 0.05) is 17.2 Å². The molecule has 5 heteroatoms. The lowest BCUT2D eigenvalue weighted by atomic mass is 10.1. The van der Waals surface area contributed by atoms with Crippen LogP contribution in [-0.2, 0) is 9.59 Å². The lowest BCUT2D eigenvalue weighted by Crippen LogP contribution is -2.29. The zero-order chi connectivity index (χ0) is 14.8. The number of benzene rings is 1. The van der Waals surface area contributed by atoms with E-state index >= 15 is 0 Å². The molecule has 108 valence electrons. The van der Waals surface area contributed by atoms with Gasteiger partial charge in [-0.3, -0.25) is 9.59 Å². The standard InChI is InChI=1S/C15H19NO3S/c1-15(2)11(12(15)14(18)19)13(17)16-8-9-20-10-6-4-3-5-7-10/h3-7,11-12H,8-9H2,1-2H3,(H,16,17)(H,18,19)/t11-,12+/m1/s1. The van der Waals surface area contributed by atoms with Gasteiger partial charge in [0.25, 0.3) is 0 Å². The van der Waals surface area contributed by atoms with E-state index in [2.05, 4.69) is 5.32 Å². The summed E-state index contributed by atoms with van der Waals surface area (Å²) in [6, 6.07) is 9.97. The normalized spacial score (nSPS) is 23.1. The number of amides is 1. The summed E-state index contributed by atoms with van der Waals surface area (Å²) in [5, 5.41) is 11.9. The van der Waals surface area contributed by atoms with Gasteiger partial charge in [-0.15, -0.1) is 11.8 Å². The second-order valence-electron chi connectivity index (χ2n) is 5.57. The van der Waals surface area contributed by atoms with Crippen molar-refractivity contribution in [3.8, 4) is 0 Å². The van der Waals surface area contributed by atoms with Gasteiger partial charge in [0.2, 0.25) is 5.91 Å². The molecule has 20 heavy (non-hydrogen) atoms. The Labute approximate surface area is 123 Å². The highest BCUT2D eigenvalue weighted by Crippen LogP contribution is 2.58. The third-order valence-electron chi connectivity index (χ3n) is 3.79. The fourth-order valence-electron chi connectivity index (χ4n) is 2.56. The molecule has 0 radical (unpaired) electrons. The Balaban J connectivity index is 1.73. The minimum absolute atomic E-state index is 0.143. The van der Waals surface area contributed by atoms with Crippen molar-refractivity contribution in [2.24, 2.45) is 17.3 Å². The Morgan fingerprint density at radius 2 is 1.90 bits per heavy atom. The maximum Gasteiger partial charge on any atom is 0.307 e. The van der Waals surface area contributed by atoms with Gasteiger partial charge in [-0.2, -0.15) is 0 Å². The topological polar surface area (TPSA) is 66.4 Å². The summed E-state index contributed by atoms with van der Waals surface area (Å²) >= 11 is 1.67. The Morgan fingerprint density at radius 1 is 1.25 bits per heavy atom. The molecule has 0 spiro atoms. The van der Waals surface area contributed by atoms with Crippen molar-refractivity contribution in [2.45, 2.75) is 18.7 Å². The lowest BCUT2D eigenvalue weighted by Gasteiger charge is -2.06. The van der Waals surface area contributed by atoms with Gasteiger partial charge in [-0.1, -0.05) is 32.0 Å². The van der Waals surface area contributed by atoms with Crippen molar-refractivity contribution in [3.63, 3.8) is 0 Å². The van der Waals surface area contributed by atoms with Crippen LogP contribution in [0.15, 0.2) is 35.2 Å². The van der Waals surface area contributed by atoms with Crippen LogP contribution in [0.2, 0.25) is 0 Å². The molecule has 1 fully saturated rings. The van der Waals surface area contributed by atoms with E-state index in [0.29, 0.717) is 6.54 Å². The van der Waals surface area contributed by atoms with Crippen LogP contribution < -0.4 is 5.32 Å². The highest BCUT2D eigenvalue weighted by molar-refractivity contribution is 7.99. The van der Waals surface area contributed by atoms with Crippen LogP contribution in [0.25, 0.3) is 0 Å². The molecule has 1 aliphatic rings. The number of carboxylic acid groups (broad SMARTS) is 1. The number of carbonyl (C=O) groups is 2. The largest absolute Gasteiger partial charge is 0.481 e. The van der Waals surface area contributed by atoms with Crippen molar-refractivity contribution >= 4 is 23.6 Å². The van der Waals surface area contributed by atoms with Crippen LogP contribution >= 0.6 is 11.8 Å².